The van der Waals surface area contributed by atoms with Crippen LogP contribution in [0.25, 0.3) is 11.0 Å². The molecule has 2 aromatic rings. The maximum Gasteiger partial charge on any atom is 0.315 e. The zero-order chi connectivity index (χ0) is 14.8. The second-order valence-electron chi connectivity index (χ2n) is 5.16. The van der Waals surface area contributed by atoms with Crippen LogP contribution in [0.5, 0.6) is 0 Å². The smallest absolute Gasteiger partial charge is 0.315 e. The van der Waals surface area contributed by atoms with Crippen LogP contribution in [-0.2, 0) is 11.3 Å². The van der Waals surface area contributed by atoms with Gasteiger partial charge in [-0.05, 0) is 30.5 Å². The minimum atomic E-state index is -0.536. The number of aromatic amines is 1. The minimum Gasteiger partial charge on any atom is -0.351 e. The van der Waals surface area contributed by atoms with Crippen molar-refractivity contribution in [3.63, 3.8) is 0 Å². The summed E-state index contributed by atoms with van der Waals surface area (Å²) in [5.41, 5.74) is 8.08. The summed E-state index contributed by atoms with van der Waals surface area (Å²) < 4.78 is 0. The minimum absolute atomic E-state index is 0.156. The lowest BCUT2D eigenvalue weighted by atomic mass is 10.1. The first-order chi connectivity index (χ1) is 10.1. The quantitative estimate of drug-likeness (QED) is 0.774. The van der Waals surface area contributed by atoms with Crippen LogP contribution in [0.4, 0.5) is 4.79 Å². The van der Waals surface area contributed by atoms with Crippen molar-refractivity contribution >= 4 is 23.0 Å². The summed E-state index contributed by atoms with van der Waals surface area (Å²) in [5.74, 6) is -0.156. The van der Waals surface area contributed by atoms with Gasteiger partial charge in [0, 0.05) is 13.1 Å². The Morgan fingerprint density at radius 3 is 3.14 bits per heavy atom. The van der Waals surface area contributed by atoms with Gasteiger partial charge in [-0.15, -0.1) is 0 Å². The Morgan fingerprint density at radius 1 is 1.48 bits per heavy atom. The number of fused-ring (bicyclic) bond motifs is 1. The van der Waals surface area contributed by atoms with Crippen LogP contribution in [-0.4, -0.2) is 39.4 Å². The number of carbonyl (C=O) groups excluding carboxylic acids is 2. The molecule has 4 N–H and O–H groups in total. The van der Waals surface area contributed by atoms with Gasteiger partial charge < -0.3 is 20.9 Å². The molecule has 110 valence electrons. The molecule has 1 aromatic heterocycles. The monoisotopic (exact) mass is 287 g/mol. The number of imidazole rings is 1. The molecule has 1 aliphatic rings. The van der Waals surface area contributed by atoms with Crippen LogP contribution in [0, 0.1) is 0 Å². The molecule has 3 amide bonds. The lowest BCUT2D eigenvalue weighted by Gasteiger charge is -2.21. The molecule has 0 aliphatic carbocycles. The van der Waals surface area contributed by atoms with E-state index in [0.29, 0.717) is 19.5 Å². The number of carbonyl (C=O) groups is 2. The van der Waals surface area contributed by atoms with E-state index in [9.17, 15) is 9.59 Å². The third-order valence-electron chi connectivity index (χ3n) is 3.79. The van der Waals surface area contributed by atoms with Crippen molar-refractivity contribution in [2.24, 2.45) is 5.73 Å². The number of aromatic nitrogens is 2. The molecule has 3 rings (SSSR count). The van der Waals surface area contributed by atoms with Crippen molar-refractivity contribution in [3.8, 4) is 0 Å². The number of rotatable bonds is 3. The largest absolute Gasteiger partial charge is 0.351 e. The first-order valence-corrected chi connectivity index (χ1v) is 6.91. The number of nitrogens with two attached hydrogens (primary N) is 1. The number of H-pyrrole nitrogens is 1. The van der Waals surface area contributed by atoms with Gasteiger partial charge >= 0.3 is 6.03 Å². The van der Waals surface area contributed by atoms with Crippen LogP contribution < -0.4 is 11.1 Å². The molecule has 21 heavy (non-hydrogen) atoms. The number of nitrogens with zero attached hydrogens (tertiary/aromatic N) is 2. The van der Waals surface area contributed by atoms with E-state index in [-0.39, 0.29) is 5.91 Å². The van der Waals surface area contributed by atoms with E-state index >= 15 is 0 Å². The van der Waals surface area contributed by atoms with Gasteiger partial charge in [-0.25, -0.2) is 9.78 Å². The topological polar surface area (TPSA) is 104 Å². The second-order valence-corrected chi connectivity index (χ2v) is 5.16. The summed E-state index contributed by atoms with van der Waals surface area (Å²) in [6.07, 6.45) is 3.10. The molecule has 0 spiro atoms. The lowest BCUT2D eigenvalue weighted by Crippen LogP contribution is -2.47. The molecular formula is C14H17N5O2. The summed E-state index contributed by atoms with van der Waals surface area (Å²) >= 11 is 0. The van der Waals surface area contributed by atoms with Crippen LogP contribution in [0.15, 0.2) is 24.5 Å². The number of primary amides is 1. The fraction of sp³-hybridized carbons (Fsp3) is 0.357. The van der Waals surface area contributed by atoms with Gasteiger partial charge in [-0.1, -0.05) is 6.07 Å². The zero-order valence-corrected chi connectivity index (χ0v) is 11.5. The highest BCUT2D eigenvalue weighted by atomic mass is 16.2. The number of amides is 3. The van der Waals surface area contributed by atoms with E-state index in [1.54, 1.807) is 6.33 Å². The fourth-order valence-electron chi connectivity index (χ4n) is 2.70. The average molecular weight is 287 g/mol. The third kappa shape index (κ3) is 2.67. The van der Waals surface area contributed by atoms with Gasteiger partial charge in [0.25, 0.3) is 0 Å². The van der Waals surface area contributed by atoms with Crippen LogP contribution in [0.1, 0.15) is 18.4 Å². The Balaban J connectivity index is 1.63. The SMILES string of the molecule is NC(=O)N1CCC[C@H]1C(=O)NCc1ccc2nc[nH]c2c1. The number of nitrogens with one attached hydrogen (secondary N) is 2. The van der Waals surface area contributed by atoms with E-state index in [1.807, 2.05) is 18.2 Å². The van der Waals surface area contributed by atoms with Crippen LogP contribution >= 0.6 is 0 Å². The molecule has 0 unspecified atom stereocenters. The van der Waals surface area contributed by atoms with Crippen molar-refractivity contribution in [2.45, 2.75) is 25.4 Å². The molecule has 0 bridgehead atoms. The zero-order valence-electron chi connectivity index (χ0n) is 11.5. The van der Waals surface area contributed by atoms with Gasteiger partial charge in [0.2, 0.25) is 5.91 Å². The van der Waals surface area contributed by atoms with Crippen molar-refractivity contribution < 1.29 is 9.59 Å². The Bertz CT molecular complexity index is 681. The highest BCUT2D eigenvalue weighted by molar-refractivity contribution is 5.87. The number of benzene rings is 1. The summed E-state index contributed by atoms with van der Waals surface area (Å²) in [5, 5.41) is 2.86. The average Bonchev–Trinajstić information content (AvgIpc) is 3.12. The Morgan fingerprint density at radius 2 is 2.33 bits per heavy atom. The van der Waals surface area contributed by atoms with Gasteiger partial charge in [-0.2, -0.15) is 0 Å². The molecule has 0 saturated carbocycles. The fourth-order valence-corrected chi connectivity index (χ4v) is 2.70. The molecule has 7 nitrogen and oxygen atoms in total. The predicted molar refractivity (Wildman–Crippen MR) is 77.3 cm³/mol. The number of urea groups is 1. The maximum absolute atomic E-state index is 12.2. The Kier molecular flexibility index (Phi) is 3.47. The molecule has 1 aliphatic heterocycles. The van der Waals surface area contributed by atoms with Crippen molar-refractivity contribution in [1.82, 2.24) is 20.2 Å². The second kappa shape index (κ2) is 5.43. The number of hydrogen-bond acceptors (Lipinski definition) is 3. The maximum atomic E-state index is 12.2. The predicted octanol–water partition coefficient (Wildman–Crippen LogP) is 0.722. The molecule has 1 fully saturated rings. The van der Waals surface area contributed by atoms with Crippen LogP contribution in [0.2, 0.25) is 0 Å². The summed E-state index contributed by atoms with van der Waals surface area (Å²) in [4.78, 5) is 32.0. The summed E-state index contributed by atoms with van der Waals surface area (Å²) in [6.45, 7) is 0.963. The number of hydrogen-bond donors (Lipinski definition) is 3. The highest BCUT2D eigenvalue weighted by Crippen LogP contribution is 2.17. The van der Waals surface area contributed by atoms with E-state index in [4.69, 9.17) is 5.73 Å². The van der Waals surface area contributed by atoms with Crippen molar-refractivity contribution in [1.29, 1.82) is 0 Å². The molecular weight excluding hydrogens is 270 g/mol. The van der Waals surface area contributed by atoms with E-state index in [1.165, 1.54) is 4.90 Å². The lowest BCUT2D eigenvalue weighted by molar-refractivity contribution is -0.124. The van der Waals surface area contributed by atoms with Crippen molar-refractivity contribution in [3.05, 3.63) is 30.1 Å². The van der Waals surface area contributed by atoms with Crippen LogP contribution in [0.3, 0.4) is 0 Å². The molecule has 1 saturated heterocycles. The molecule has 2 heterocycles. The summed E-state index contributed by atoms with van der Waals surface area (Å²) in [7, 11) is 0. The molecule has 7 heteroatoms. The van der Waals surface area contributed by atoms with Gasteiger partial charge in [0.1, 0.15) is 6.04 Å². The molecule has 1 aromatic carbocycles. The normalized spacial score (nSPS) is 18.1. The Hall–Kier alpha value is -2.57. The third-order valence-corrected chi connectivity index (χ3v) is 3.79. The van der Waals surface area contributed by atoms with E-state index < -0.39 is 12.1 Å². The first kappa shape index (κ1) is 13.4. The highest BCUT2D eigenvalue weighted by Gasteiger charge is 2.32. The number of likely N-dealkylation sites (tertiary alicyclic amines) is 1. The van der Waals surface area contributed by atoms with Gasteiger partial charge in [0.15, 0.2) is 0 Å². The summed E-state index contributed by atoms with van der Waals surface area (Å²) in [6, 6.07) is 4.79. The van der Waals surface area contributed by atoms with Gasteiger partial charge in [-0.3, -0.25) is 4.79 Å². The first-order valence-electron chi connectivity index (χ1n) is 6.91. The van der Waals surface area contributed by atoms with Crippen molar-refractivity contribution in [2.75, 3.05) is 6.54 Å². The van der Waals surface area contributed by atoms with E-state index in [0.717, 1.165) is 23.0 Å². The Labute approximate surface area is 121 Å². The van der Waals surface area contributed by atoms with Gasteiger partial charge in [0.05, 0.1) is 17.4 Å². The van der Waals surface area contributed by atoms with E-state index in [2.05, 4.69) is 15.3 Å². The molecule has 0 radical (unpaired) electrons. The molecule has 1 atom stereocenters. The standard InChI is InChI=1S/C14H17N5O2/c15-14(21)19-5-1-2-12(19)13(20)16-7-9-3-4-10-11(6-9)18-8-17-10/h3-4,6,8,12H,1-2,5,7H2,(H2,15,21)(H,16,20)(H,17,18)/t12-/m0/s1.